The summed E-state index contributed by atoms with van der Waals surface area (Å²) in [7, 11) is 1.67. The number of methoxy groups -OCH3 is 1. The van der Waals surface area contributed by atoms with Crippen molar-refractivity contribution >= 4 is 33.3 Å². The quantitative estimate of drug-likeness (QED) is 0.328. The van der Waals surface area contributed by atoms with E-state index in [1.165, 1.54) is 6.07 Å². The molecular weight excluding hydrogens is 406 g/mol. The van der Waals surface area contributed by atoms with Gasteiger partial charge in [-0.05, 0) is 42.0 Å². The molecule has 1 saturated heterocycles. The smallest absolute Gasteiger partial charge is 0.278 e. The fourth-order valence-electron chi connectivity index (χ4n) is 4.89. The van der Waals surface area contributed by atoms with Gasteiger partial charge in [-0.1, -0.05) is 36.4 Å². The van der Waals surface area contributed by atoms with Crippen LogP contribution in [0.25, 0.3) is 21.7 Å². The Morgan fingerprint density at radius 3 is 2.66 bits per heavy atom. The molecule has 0 radical (unpaired) electrons. The highest BCUT2D eigenvalue weighted by Gasteiger charge is 2.31. The van der Waals surface area contributed by atoms with E-state index in [4.69, 9.17) is 4.74 Å². The van der Waals surface area contributed by atoms with Crippen LogP contribution in [-0.2, 0) is 11.3 Å². The predicted octanol–water partition coefficient (Wildman–Crippen LogP) is 5.08. The van der Waals surface area contributed by atoms with Crippen LogP contribution in [0.2, 0.25) is 0 Å². The van der Waals surface area contributed by atoms with Gasteiger partial charge in [-0.15, -0.1) is 0 Å². The fraction of sp³-hybridized carbons (Fsp3) is 0.240. The summed E-state index contributed by atoms with van der Waals surface area (Å²) in [6, 6.07) is 18.8. The highest BCUT2D eigenvalue weighted by Crippen LogP contribution is 2.39. The van der Waals surface area contributed by atoms with Gasteiger partial charge in [0.2, 0.25) is 5.91 Å². The number of nitro groups is 1. The van der Waals surface area contributed by atoms with Crippen LogP contribution in [0.4, 0.5) is 5.69 Å². The number of benzene rings is 3. The number of rotatable bonds is 5. The first-order valence-electron chi connectivity index (χ1n) is 10.7. The minimum atomic E-state index is -0.389. The van der Waals surface area contributed by atoms with Crippen molar-refractivity contribution in [2.75, 3.05) is 13.7 Å². The average Bonchev–Trinajstić information content (AvgIpc) is 3.45. The molecule has 162 valence electrons. The van der Waals surface area contributed by atoms with E-state index >= 15 is 0 Å². The van der Waals surface area contributed by atoms with Crippen molar-refractivity contribution in [3.63, 3.8) is 0 Å². The lowest BCUT2D eigenvalue weighted by atomic mass is 9.96. The molecule has 1 atom stereocenters. The molecule has 0 bridgehead atoms. The third kappa shape index (κ3) is 3.26. The summed E-state index contributed by atoms with van der Waals surface area (Å²) in [6.07, 6.45) is 3.60. The number of carbonyl (C=O) groups excluding carboxylic acids is 1. The number of likely N-dealkylation sites (tertiary alicyclic amines) is 1. The standard InChI is InChI=1S/C25H23N3O4/c1-32-24-12-11-18(17-6-2-3-7-19(17)24)22-10-5-14-27(22)25(29)16-26-15-13-20-21(26)8-4-9-23(20)28(30)31/h2-4,6-9,11-13,15,22H,5,10,14,16H2,1H3. The highest BCUT2D eigenvalue weighted by atomic mass is 16.6. The molecule has 5 rings (SSSR count). The van der Waals surface area contributed by atoms with Crippen LogP contribution in [0.15, 0.2) is 66.9 Å². The van der Waals surface area contributed by atoms with E-state index < -0.39 is 0 Å². The van der Waals surface area contributed by atoms with Crippen LogP contribution in [0.1, 0.15) is 24.4 Å². The number of hydrogen-bond acceptors (Lipinski definition) is 4. The summed E-state index contributed by atoms with van der Waals surface area (Å²) >= 11 is 0. The molecule has 7 heteroatoms. The molecule has 0 aliphatic carbocycles. The summed E-state index contributed by atoms with van der Waals surface area (Å²) in [5, 5.41) is 14.0. The highest BCUT2D eigenvalue weighted by molar-refractivity contribution is 5.92. The molecule has 7 nitrogen and oxygen atoms in total. The van der Waals surface area contributed by atoms with Gasteiger partial charge in [-0.3, -0.25) is 14.9 Å². The zero-order chi connectivity index (χ0) is 22.2. The van der Waals surface area contributed by atoms with Gasteiger partial charge in [-0.2, -0.15) is 0 Å². The van der Waals surface area contributed by atoms with Crippen LogP contribution in [0.3, 0.4) is 0 Å². The maximum atomic E-state index is 13.4. The zero-order valence-corrected chi connectivity index (χ0v) is 17.7. The lowest BCUT2D eigenvalue weighted by molar-refractivity contribution is -0.383. The van der Waals surface area contributed by atoms with Crippen molar-refractivity contribution in [2.24, 2.45) is 0 Å². The predicted molar refractivity (Wildman–Crippen MR) is 123 cm³/mol. The number of amides is 1. The number of fused-ring (bicyclic) bond motifs is 2. The summed E-state index contributed by atoms with van der Waals surface area (Å²) in [5.74, 6) is 0.831. The molecule has 2 heterocycles. The molecule has 4 aromatic rings. The Morgan fingerprint density at radius 1 is 1.06 bits per heavy atom. The number of nitro benzene ring substituents is 1. The zero-order valence-electron chi connectivity index (χ0n) is 17.7. The minimum absolute atomic E-state index is 0.00512. The van der Waals surface area contributed by atoms with Gasteiger partial charge in [0.1, 0.15) is 12.3 Å². The van der Waals surface area contributed by atoms with Crippen molar-refractivity contribution in [2.45, 2.75) is 25.4 Å². The second kappa shape index (κ2) is 8.00. The van der Waals surface area contributed by atoms with Gasteiger partial charge in [0.15, 0.2) is 0 Å². The van der Waals surface area contributed by atoms with Crippen LogP contribution >= 0.6 is 0 Å². The van der Waals surface area contributed by atoms with Crippen LogP contribution in [0.5, 0.6) is 5.75 Å². The number of hydrogen-bond donors (Lipinski definition) is 0. The Morgan fingerprint density at radius 2 is 1.88 bits per heavy atom. The van der Waals surface area contributed by atoms with Crippen molar-refractivity contribution in [3.05, 3.63) is 82.5 Å². The largest absolute Gasteiger partial charge is 0.496 e. The Hall–Kier alpha value is -3.87. The normalized spacial score (nSPS) is 16.0. The molecule has 1 aliphatic heterocycles. The van der Waals surface area contributed by atoms with E-state index in [1.54, 1.807) is 30.0 Å². The van der Waals surface area contributed by atoms with Gasteiger partial charge in [0.05, 0.1) is 29.0 Å². The first-order chi connectivity index (χ1) is 15.6. The van der Waals surface area contributed by atoms with Gasteiger partial charge in [0.25, 0.3) is 5.69 Å². The first-order valence-corrected chi connectivity index (χ1v) is 10.7. The summed E-state index contributed by atoms with van der Waals surface area (Å²) in [4.78, 5) is 26.2. The molecule has 1 aromatic heterocycles. The van der Waals surface area contributed by atoms with Gasteiger partial charge >= 0.3 is 0 Å². The number of aromatic nitrogens is 1. The summed E-state index contributed by atoms with van der Waals surface area (Å²) in [6.45, 7) is 0.846. The van der Waals surface area contributed by atoms with Gasteiger partial charge in [0, 0.05) is 24.2 Å². The number of non-ortho nitro benzene ring substituents is 1. The molecule has 0 spiro atoms. The molecule has 1 unspecified atom stereocenters. The SMILES string of the molecule is COc1ccc(C2CCCN2C(=O)Cn2ccc3c([N+](=O)[O-])cccc32)c2ccccc12. The summed E-state index contributed by atoms with van der Waals surface area (Å²) < 4.78 is 7.32. The molecule has 1 fully saturated rings. The van der Waals surface area contributed by atoms with Crippen molar-refractivity contribution < 1.29 is 14.5 Å². The molecule has 0 saturated carbocycles. The molecular formula is C25H23N3O4. The lowest BCUT2D eigenvalue weighted by Crippen LogP contribution is -2.33. The third-order valence-corrected chi connectivity index (χ3v) is 6.36. The first kappa shape index (κ1) is 20.1. The van der Waals surface area contributed by atoms with Crippen molar-refractivity contribution in [3.8, 4) is 5.75 Å². The van der Waals surface area contributed by atoms with Crippen LogP contribution in [-0.4, -0.2) is 34.0 Å². The topological polar surface area (TPSA) is 77.6 Å². The van der Waals surface area contributed by atoms with E-state index in [9.17, 15) is 14.9 Å². The number of carbonyl (C=O) groups is 1. The van der Waals surface area contributed by atoms with Crippen LogP contribution < -0.4 is 4.74 Å². The van der Waals surface area contributed by atoms with E-state index in [2.05, 4.69) is 12.1 Å². The maximum absolute atomic E-state index is 13.4. The molecule has 32 heavy (non-hydrogen) atoms. The van der Waals surface area contributed by atoms with E-state index in [-0.39, 0.29) is 29.1 Å². The van der Waals surface area contributed by atoms with E-state index in [1.807, 2.05) is 35.2 Å². The monoisotopic (exact) mass is 429 g/mol. The molecule has 3 aromatic carbocycles. The van der Waals surface area contributed by atoms with Crippen LogP contribution in [0, 0.1) is 10.1 Å². The van der Waals surface area contributed by atoms with Gasteiger partial charge in [-0.25, -0.2) is 0 Å². The Labute approximate surface area is 185 Å². The Bertz CT molecular complexity index is 1340. The summed E-state index contributed by atoms with van der Waals surface area (Å²) in [5.41, 5.74) is 1.87. The molecule has 1 aliphatic rings. The number of nitrogens with zero attached hydrogens (tertiary/aromatic N) is 3. The molecule has 1 amide bonds. The second-order valence-electron chi connectivity index (χ2n) is 8.06. The van der Waals surface area contributed by atoms with Crippen molar-refractivity contribution in [1.82, 2.24) is 9.47 Å². The maximum Gasteiger partial charge on any atom is 0.278 e. The van der Waals surface area contributed by atoms with E-state index in [0.717, 1.165) is 34.9 Å². The Balaban J connectivity index is 1.47. The minimum Gasteiger partial charge on any atom is -0.496 e. The fourth-order valence-corrected chi connectivity index (χ4v) is 4.89. The lowest BCUT2D eigenvalue weighted by Gasteiger charge is -2.27. The third-order valence-electron chi connectivity index (χ3n) is 6.36. The Kier molecular flexibility index (Phi) is 5.01. The average molecular weight is 429 g/mol. The number of ether oxygens (including phenoxy) is 1. The van der Waals surface area contributed by atoms with Crippen molar-refractivity contribution in [1.29, 1.82) is 0 Å². The second-order valence-corrected chi connectivity index (χ2v) is 8.06. The van der Waals surface area contributed by atoms with E-state index in [0.29, 0.717) is 17.4 Å². The molecule has 0 N–H and O–H groups in total. The van der Waals surface area contributed by atoms with Gasteiger partial charge < -0.3 is 14.2 Å².